The molecule has 0 aliphatic rings. The number of esters is 1. The van der Waals surface area contributed by atoms with E-state index >= 15 is 0 Å². The average Bonchev–Trinajstić information content (AvgIpc) is 3.28. The third-order valence-electron chi connectivity index (χ3n) is 10.0. The molecule has 6 heteroatoms. The van der Waals surface area contributed by atoms with Crippen LogP contribution in [0.4, 0.5) is 5.69 Å². The van der Waals surface area contributed by atoms with Gasteiger partial charge in [-0.1, -0.05) is 124 Å². The maximum atomic E-state index is 12.8. The van der Waals surface area contributed by atoms with Gasteiger partial charge in [-0.2, -0.15) is 73.9 Å². The molecule has 1 N–H and O–H groups in total. The normalized spacial score (nSPS) is 10.1. The summed E-state index contributed by atoms with van der Waals surface area (Å²) < 4.78 is 11.7. The van der Waals surface area contributed by atoms with E-state index in [2.05, 4.69) is 79.5 Å². The molecule has 0 aromatic heterocycles. The Morgan fingerprint density at radius 2 is 1.05 bits per heavy atom. The van der Waals surface area contributed by atoms with Gasteiger partial charge in [-0.15, -0.1) is 36.4 Å². The van der Waals surface area contributed by atoms with E-state index < -0.39 is 5.97 Å². The van der Waals surface area contributed by atoms with Crippen LogP contribution in [-0.4, -0.2) is 31.3 Å². The number of phenols is 1. The van der Waals surface area contributed by atoms with Crippen molar-refractivity contribution in [3.8, 4) is 22.6 Å². The third kappa shape index (κ3) is 17.2. The van der Waals surface area contributed by atoms with E-state index in [1.165, 1.54) is 22.4 Å². The number of rotatable bonds is 12. The fourth-order valence-corrected chi connectivity index (χ4v) is 6.73. The molecule has 328 valence electrons. The maximum Gasteiger partial charge on any atom is 4.00 e. The van der Waals surface area contributed by atoms with Crippen molar-refractivity contribution < 1.29 is 45.2 Å². The van der Waals surface area contributed by atoms with Crippen LogP contribution in [0.3, 0.4) is 0 Å². The Labute approximate surface area is 402 Å². The molecule has 0 aliphatic carbocycles. The van der Waals surface area contributed by atoms with E-state index in [1.807, 2.05) is 146 Å². The van der Waals surface area contributed by atoms with Gasteiger partial charge in [0.1, 0.15) is 23.7 Å². The molecule has 0 saturated carbocycles. The molecule has 0 atom stereocenters. The van der Waals surface area contributed by atoms with Gasteiger partial charge < -0.3 is 19.5 Å². The first kappa shape index (κ1) is 52.2. The van der Waals surface area contributed by atoms with Gasteiger partial charge in [-0.05, 0) is 54.0 Å². The number of aryl methyl sites for hydroxylation is 1. The van der Waals surface area contributed by atoms with Gasteiger partial charge in [-0.25, -0.2) is 4.79 Å². The van der Waals surface area contributed by atoms with Crippen molar-refractivity contribution in [3.63, 3.8) is 0 Å². The third-order valence-corrected chi connectivity index (χ3v) is 10.0. The van der Waals surface area contributed by atoms with Crippen LogP contribution in [0.25, 0.3) is 11.1 Å². The Morgan fingerprint density at radius 1 is 0.609 bits per heavy atom. The standard InChI is InChI=1S/C37H43NO4.3C7H7.Hf/c1-25(2)32-22-27(5)23-33(26(3)4)35(32)38(6)20-13-21-41-34-19-11-10-16-29(34)30-17-12-18-31(36(30)39)37(40)42-24-28-14-8-7-9-15-28;3*1-7-5-3-2-4-6-7;/h7-12,14-19,22-23,25-26,39H,13,20-21,24H2,1-6H3;3*2-6H,1H2;/q;3*-1;+4. The van der Waals surface area contributed by atoms with Gasteiger partial charge in [0, 0.05) is 30.4 Å². The Balaban J connectivity index is 0.000000398. The van der Waals surface area contributed by atoms with Crippen molar-refractivity contribution in [1.82, 2.24) is 0 Å². The molecule has 0 bridgehead atoms. The summed E-state index contributed by atoms with van der Waals surface area (Å²) in [5.74, 6) is 0.834. The van der Waals surface area contributed by atoms with Gasteiger partial charge >= 0.3 is 31.8 Å². The van der Waals surface area contributed by atoms with E-state index in [0.717, 1.165) is 40.8 Å². The number of nitrogens with zero attached hydrogens (tertiary/aromatic N) is 1. The molecule has 0 unspecified atom stereocenters. The molecule has 7 rings (SSSR count). The van der Waals surface area contributed by atoms with Crippen LogP contribution in [0.15, 0.2) is 176 Å². The van der Waals surface area contributed by atoms with Gasteiger partial charge in [0.05, 0.1) is 6.61 Å². The molecule has 0 radical (unpaired) electrons. The first-order valence-corrected chi connectivity index (χ1v) is 21.6. The number of hydrogen-bond donors (Lipinski definition) is 1. The number of phenolic OH excluding ortho intramolecular Hbond substituents is 1. The number of carbonyl (C=O) groups is 1. The monoisotopic (exact) mass is 1020 g/mol. The Bertz CT molecular complexity index is 2270. The topological polar surface area (TPSA) is 59.0 Å². The SMILES string of the molecule is Cc1cc(C(C)C)c(N(C)CCCOc2ccccc2-c2cccc(C(=O)OCc3ccccc3)c2O)c(C(C)C)c1.[CH2-]c1ccccc1.[CH2-]c1ccccc1.[CH2-]c1ccccc1.[Hf+4]. The summed E-state index contributed by atoms with van der Waals surface area (Å²) >= 11 is 0. The fraction of sp³-hybridized carbons (Fsp3) is 0.207. The summed E-state index contributed by atoms with van der Waals surface area (Å²) in [6.07, 6.45) is 0.825. The Hall–Kier alpha value is -6.11. The molecule has 0 saturated heterocycles. The number of anilines is 1. The minimum Gasteiger partial charge on any atom is -0.506 e. The van der Waals surface area contributed by atoms with Crippen LogP contribution in [0.2, 0.25) is 0 Å². The zero-order chi connectivity index (χ0) is 45.6. The predicted octanol–water partition coefficient (Wildman–Crippen LogP) is 14.5. The maximum absolute atomic E-state index is 12.8. The van der Waals surface area contributed by atoms with E-state index in [-0.39, 0.29) is 43.8 Å². The molecule has 0 fully saturated rings. The molecule has 64 heavy (non-hydrogen) atoms. The summed E-state index contributed by atoms with van der Waals surface area (Å²) in [6, 6.07) is 56.4. The summed E-state index contributed by atoms with van der Waals surface area (Å²) in [5, 5.41) is 11.1. The number of benzene rings is 7. The minimum atomic E-state index is -0.572. The van der Waals surface area contributed by atoms with Gasteiger partial charge in [0.2, 0.25) is 0 Å². The van der Waals surface area contributed by atoms with Gasteiger partial charge in [0.15, 0.2) is 0 Å². The number of carbonyl (C=O) groups excluding carboxylic acids is 1. The second kappa shape index (κ2) is 27.8. The van der Waals surface area contributed by atoms with Crippen LogP contribution in [-0.2, 0) is 37.2 Å². The van der Waals surface area contributed by atoms with Crippen LogP contribution >= 0.6 is 0 Å². The Morgan fingerprint density at radius 3 is 1.50 bits per heavy atom. The molecular formula is C58H64HfNO4+. The van der Waals surface area contributed by atoms with Crippen molar-refractivity contribution in [3.05, 3.63) is 241 Å². The summed E-state index contributed by atoms with van der Waals surface area (Å²) in [7, 11) is 2.16. The number of aromatic hydroxyl groups is 1. The van der Waals surface area contributed by atoms with Gasteiger partial charge in [0.25, 0.3) is 0 Å². The molecule has 0 spiro atoms. The number of para-hydroxylation sites is 2. The molecule has 0 amide bonds. The van der Waals surface area contributed by atoms with E-state index in [9.17, 15) is 9.90 Å². The molecule has 0 aliphatic heterocycles. The number of hydrogen-bond acceptors (Lipinski definition) is 5. The molecule has 0 heterocycles. The minimum absolute atomic E-state index is 0. The first-order valence-electron chi connectivity index (χ1n) is 21.6. The predicted molar refractivity (Wildman–Crippen MR) is 265 cm³/mol. The largest absolute Gasteiger partial charge is 4.00 e. The quantitative estimate of drug-likeness (QED) is 0.0572. The summed E-state index contributed by atoms with van der Waals surface area (Å²) in [5.41, 5.74) is 10.9. The Kier molecular flexibility index (Phi) is 22.7. The molecule has 7 aromatic rings. The van der Waals surface area contributed by atoms with Crippen molar-refractivity contribution >= 4 is 11.7 Å². The zero-order valence-electron chi connectivity index (χ0n) is 38.5. The second-order valence-electron chi connectivity index (χ2n) is 15.9. The fourth-order valence-electron chi connectivity index (χ4n) is 6.73. The number of ether oxygens (including phenoxy) is 2. The summed E-state index contributed by atoms with van der Waals surface area (Å²) in [4.78, 5) is 15.2. The van der Waals surface area contributed by atoms with Crippen molar-refractivity contribution in [2.24, 2.45) is 0 Å². The summed E-state index contributed by atoms with van der Waals surface area (Å²) in [6.45, 7) is 23.8. The molecular weight excluding hydrogens is 953 g/mol. The van der Waals surface area contributed by atoms with E-state index in [1.54, 1.807) is 18.2 Å². The van der Waals surface area contributed by atoms with Crippen molar-refractivity contribution in [1.29, 1.82) is 0 Å². The van der Waals surface area contributed by atoms with Crippen molar-refractivity contribution in [2.75, 3.05) is 25.1 Å². The van der Waals surface area contributed by atoms with Crippen LogP contribution in [0.5, 0.6) is 11.5 Å². The molecule has 7 aromatic carbocycles. The van der Waals surface area contributed by atoms with Crippen molar-refractivity contribution in [2.45, 2.75) is 59.5 Å². The zero-order valence-corrected chi connectivity index (χ0v) is 42.1. The molecule has 5 nitrogen and oxygen atoms in total. The van der Waals surface area contributed by atoms with E-state index in [4.69, 9.17) is 9.47 Å². The van der Waals surface area contributed by atoms with Gasteiger partial charge in [-0.3, -0.25) is 0 Å². The second-order valence-corrected chi connectivity index (χ2v) is 15.9. The smallest absolute Gasteiger partial charge is 0.506 e. The average molecular weight is 1020 g/mol. The van der Waals surface area contributed by atoms with Crippen LogP contribution in [0.1, 0.15) is 95.3 Å². The van der Waals surface area contributed by atoms with Crippen LogP contribution < -0.4 is 9.64 Å². The van der Waals surface area contributed by atoms with E-state index in [0.29, 0.717) is 29.8 Å². The first-order chi connectivity index (χ1) is 30.3. The van der Waals surface area contributed by atoms with Crippen LogP contribution in [0, 0.1) is 27.7 Å².